The third-order valence-corrected chi connectivity index (χ3v) is 9.70. The van der Waals surface area contributed by atoms with Crippen LogP contribution in [0.5, 0.6) is 0 Å². The minimum Gasteiger partial charge on any atom is -0.309 e. The van der Waals surface area contributed by atoms with E-state index in [0.29, 0.717) is 0 Å². The van der Waals surface area contributed by atoms with Crippen molar-refractivity contribution < 1.29 is 0 Å². The van der Waals surface area contributed by atoms with Crippen LogP contribution in [-0.4, -0.2) is 4.57 Å². The molecule has 0 spiro atoms. The Morgan fingerprint density at radius 2 is 1.00 bits per heavy atom. The van der Waals surface area contributed by atoms with Gasteiger partial charge in [-0.15, -0.1) is 0 Å². The standard InChI is InChI=1S/C43H31N/c1-43(2)41-34-18-10-9-17-30(34)21-22-35(41)36-23-24-39-40(42(36)43)37-19-11-12-20-38(37)44(39)33-26-31(28-13-5-3-6-14-28)25-32(27-33)29-15-7-4-8-16-29/h3-27H,1-2H3. The lowest BCUT2D eigenvalue weighted by Crippen LogP contribution is -2.16. The molecule has 1 aliphatic carbocycles. The summed E-state index contributed by atoms with van der Waals surface area (Å²) in [6.45, 7) is 4.83. The highest BCUT2D eigenvalue weighted by Gasteiger charge is 2.39. The highest BCUT2D eigenvalue weighted by Crippen LogP contribution is 2.55. The fourth-order valence-corrected chi connectivity index (χ4v) is 7.84. The van der Waals surface area contributed by atoms with Crippen molar-refractivity contribution in [1.82, 2.24) is 4.57 Å². The lowest BCUT2D eigenvalue weighted by atomic mass is 9.78. The van der Waals surface area contributed by atoms with Crippen LogP contribution in [0.25, 0.3) is 71.6 Å². The highest BCUT2D eigenvalue weighted by atomic mass is 15.0. The van der Waals surface area contributed by atoms with Gasteiger partial charge in [0.1, 0.15) is 0 Å². The Kier molecular flexibility index (Phi) is 5.31. The number of hydrogen-bond donors (Lipinski definition) is 0. The van der Waals surface area contributed by atoms with E-state index in [4.69, 9.17) is 0 Å². The van der Waals surface area contributed by atoms with Crippen molar-refractivity contribution in [3.63, 3.8) is 0 Å². The largest absolute Gasteiger partial charge is 0.309 e. The molecule has 0 radical (unpaired) electrons. The van der Waals surface area contributed by atoms with Crippen LogP contribution in [0, 0.1) is 0 Å². The molecule has 0 atom stereocenters. The van der Waals surface area contributed by atoms with Gasteiger partial charge in [-0.2, -0.15) is 0 Å². The fraction of sp³-hybridized carbons (Fsp3) is 0.0698. The number of fused-ring (bicyclic) bond motifs is 9. The number of benzene rings is 7. The van der Waals surface area contributed by atoms with Crippen molar-refractivity contribution in [2.24, 2.45) is 0 Å². The molecule has 1 heteroatoms. The lowest BCUT2D eigenvalue weighted by molar-refractivity contribution is 0.672. The summed E-state index contributed by atoms with van der Waals surface area (Å²) in [5, 5.41) is 5.31. The van der Waals surface area contributed by atoms with Crippen LogP contribution in [0.2, 0.25) is 0 Å². The molecule has 9 rings (SSSR count). The van der Waals surface area contributed by atoms with Gasteiger partial charge in [0.15, 0.2) is 0 Å². The van der Waals surface area contributed by atoms with E-state index in [1.807, 2.05) is 0 Å². The second-order valence-corrected chi connectivity index (χ2v) is 12.6. The zero-order chi connectivity index (χ0) is 29.4. The lowest BCUT2D eigenvalue weighted by Gasteiger charge is -2.24. The summed E-state index contributed by atoms with van der Waals surface area (Å²) >= 11 is 0. The van der Waals surface area contributed by atoms with E-state index in [9.17, 15) is 0 Å². The molecule has 0 saturated heterocycles. The maximum Gasteiger partial charge on any atom is 0.0544 e. The molecule has 0 saturated carbocycles. The van der Waals surface area contributed by atoms with Crippen molar-refractivity contribution >= 4 is 32.6 Å². The SMILES string of the molecule is CC1(C)c2c(ccc3ccccc23)-c2ccc3c(c21)c1ccccc1n3-c1cc(-c2ccccc2)cc(-c2ccccc2)c1. The van der Waals surface area contributed by atoms with Gasteiger partial charge in [-0.25, -0.2) is 0 Å². The van der Waals surface area contributed by atoms with Crippen molar-refractivity contribution in [3.8, 4) is 39.1 Å². The average molecular weight is 562 g/mol. The molecule has 44 heavy (non-hydrogen) atoms. The predicted molar refractivity (Wildman–Crippen MR) is 187 cm³/mol. The van der Waals surface area contributed by atoms with Crippen molar-refractivity contribution in [1.29, 1.82) is 0 Å². The summed E-state index contributed by atoms with van der Waals surface area (Å²) in [6, 6.07) is 55.7. The third kappa shape index (κ3) is 3.53. The Bertz CT molecular complexity index is 2330. The fourth-order valence-electron chi connectivity index (χ4n) is 7.84. The van der Waals surface area contributed by atoms with Gasteiger partial charge in [0.05, 0.1) is 11.0 Å². The molecule has 0 bridgehead atoms. The van der Waals surface area contributed by atoms with Gasteiger partial charge >= 0.3 is 0 Å². The number of nitrogens with zero attached hydrogens (tertiary/aromatic N) is 1. The molecule has 1 aromatic heterocycles. The summed E-state index contributed by atoms with van der Waals surface area (Å²) in [5.74, 6) is 0. The van der Waals surface area contributed by atoms with Crippen LogP contribution in [-0.2, 0) is 5.41 Å². The molecule has 7 aromatic carbocycles. The zero-order valence-corrected chi connectivity index (χ0v) is 24.9. The van der Waals surface area contributed by atoms with Gasteiger partial charge < -0.3 is 4.57 Å². The number of para-hydroxylation sites is 1. The molecule has 1 aliphatic rings. The average Bonchev–Trinajstić information content (AvgIpc) is 3.54. The maximum atomic E-state index is 2.49. The van der Waals surface area contributed by atoms with Crippen LogP contribution in [0.4, 0.5) is 0 Å². The van der Waals surface area contributed by atoms with Gasteiger partial charge in [-0.05, 0) is 85.6 Å². The molecule has 0 aliphatic heterocycles. The third-order valence-electron chi connectivity index (χ3n) is 9.70. The van der Waals surface area contributed by atoms with Crippen LogP contribution < -0.4 is 0 Å². The molecule has 8 aromatic rings. The second-order valence-electron chi connectivity index (χ2n) is 12.6. The normalized spacial score (nSPS) is 13.4. The summed E-state index contributed by atoms with van der Waals surface area (Å²) in [5.41, 5.74) is 14.0. The summed E-state index contributed by atoms with van der Waals surface area (Å²) in [6.07, 6.45) is 0. The molecular weight excluding hydrogens is 530 g/mol. The quantitative estimate of drug-likeness (QED) is 0.202. The molecule has 208 valence electrons. The first-order valence-electron chi connectivity index (χ1n) is 15.5. The predicted octanol–water partition coefficient (Wildman–Crippen LogP) is 11.6. The second kappa shape index (κ2) is 9.30. The van der Waals surface area contributed by atoms with Gasteiger partial charge in [-0.3, -0.25) is 0 Å². The van der Waals surface area contributed by atoms with E-state index < -0.39 is 0 Å². The number of aromatic nitrogens is 1. The maximum absolute atomic E-state index is 2.49. The van der Waals surface area contributed by atoms with Gasteiger partial charge in [0.25, 0.3) is 0 Å². The van der Waals surface area contributed by atoms with Crippen LogP contribution >= 0.6 is 0 Å². The highest BCUT2D eigenvalue weighted by molar-refractivity contribution is 6.15. The number of rotatable bonds is 3. The Morgan fingerprint density at radius 1 is 0.432 bits per heavy atom. The van der Waals surface area contributed by atoms with E-state index in [-0.39, 0.29) is 5.41 Å². The van der Waals surface area contributed by atoms with E-state index >= 15 is 0 Å². The first-order valence-corrected chi connectivity index (χ1v) is 15.5. The first kappa shape index (κ1) is 25.1. The van der Waals surface area contributed by atoms with Crippen LogP contribution in [0.3, 0.4) is 0 Å². The van der Waals surface area contributed by atoms with E-state index in [1.165, 1.54) is 82.8 Å². The minimum absolute atomic E-state index is 0.152. The topological polar surface area (TPSA) is 4.93 Å². The Morgan fingerprint density at radius 3 is 1.70 bits per heavy atom. The van der Waals surface area contributed by atoms with Crippen molar-refractivity contribution in [3.05, 3.63) is 163 Å². The van der Waals surface area contributed by atoms with Crippen molar-refractivity contribution in [2.45, 2.75) is 19.3 Å². The summed E-state index contributed by atoms with van der Waals surface area (Å²) in [7, 11) is 0. The molecular formula is C43H31N. The Hall–Kier alpha value is -5.40. The molecule has 1 heterocycles. The monoisotopic (exact) mass is 561 g/mol. The first-order chi connectivity index (χ1) is 21.6. The summed E-state index contributed by atoms with van der Waals surface area (Å²) < 4.78 is 2.49. The van der Waals surface area contributed by atoms with E-state index in [2.05, 4.69) is 170 Å². The Labute approximate surface area is 257 Å². The number of hydrogen-bond acceptors (Lipinski definition) is 0. The molecule has 0 fully saturated rings. The van der Waals surface area contributed by atoms with Crippen LogP contribution in [0.15, 0.2) is 152 Å². The Balaban J connectivity index is 1.37. The van der Waals surface area contributed by atoms with Gasteiger partial charge in [0, 0.05) is 21.9 Å². The molecule has 0 unspecified atom stereocenters. The van der Waals surface area contributed by atoms with Crippen molar-refractivity contribution in [2.75, 3.05) is 0 Å². The zero-order valence-electron chi connectivity index (χ0n) is 24.9. The van der Waals surface area contributed by atoms with Gasteiger partial charge in [-0.1, -0.05) is 135 Å². The minimum atomic E-state index is -0.152. The van der Waals surface area contributed by atoms with E-state index in [0.717, 1.165) is 0 Å². The van der Waals surface area contributed by atoms with E-state index in [1.54, 1.807) is 0 Å². The molecule has 0 amide bonds. The van der Waals surface area contributed by atoms with Crippen LogP contribution in [0.1, 0.15) is 25.0 Å². The summed E-state index contributed by atoms with van der Waals surface area (Å²) in [4.78, 5) is 0. The van der Waals surface area contributed by atoms with Gasteiger partial charge in [0.2, 0.25) is 0 Å². The molecule has 0 N–H and O–H groups in total. The smallest absolute Gasteiger partial charge is 0.0544 e. The molecule has 1 nitrogen and oxygen atoms in total.